The highest BCUT2D eigenvalue weighted by Crippen LogP contribution is 2.49. The Labute approximate surface area is 113 Å². The predicted molar refractivity (Wildman–Crippen MR) is 72.5 cm³/mol. The number of hydrogen-bond acceptors (Lipinski definition) is 4. The Bertz CT molecular complexity index is 573. The molecule has 0 radical (unpaired) electrons. The molecule has 0 amide bonds. The highest BCUT2D eigenvalue weighted by atomic mass is 32.2. The van der Waals surface area contributed by atoms with Gasteiger partial charge in [-0.05, 0) is 37.5 Å². The molecule has 1 aliphatic rings. The van der Waals surface area contributed by atoms with E-state index in [1.165, 1.54) is 0 Å². The lowest BCUT2D eigenvalue weighted by Gasteiger charge is -2.14. The Kier molecular flexibility index (Phi) is 3.54. The highest BCUT2D eigenvalue weighted by Gasteiger charge is 2.52. The zero-order valence-electron chi connectivity index (χ0n) is 11.0. The third-order valence-electron chi connectivity index (χ3n) is 3.16. The number of rotatable bonds is 5. The topological polar surface area (TPSA) is 72.5 Å². The van der Waals surface area contributed by atoms with Gasteiger partial charge in [0.05, 0.1) is 18.3 Å². The third kappa shape index (κ3) is 3.07. The summed E-state index contributed by atoms with van der Waals surface area (Å²) in [6.45, 7) is 2.15. The molecule has 6 heteroatoms. The van der Waals surface area contributed by atoms with Gasteiger partial charge in [-0.1, -0.05) is 12.1 Å². The van der Waals surface area contributed by atoms with Crippen LogP contribution in [-0.2, 0) is 25.0 Å². The molecule has 0 aliphatic heterocycles. The van der Waals surface area contributed by atoms with Crippen LogP contribution in [0.1, 0.15) is 25.3 Å². The number of hydrogen-bond donors (Lipinski definition) is 1. The van der Waals surface area contributed by atoms with Gasteiger partial charge in [0.25, 0.3) is 0 Å². The van der Waals surface area contributed by atoms with Crippen molar-refractivity contribution in [3.8, 4) is 0 Å². The molecule has 1 aromatic carbocycles. The van der Waals surface area contributed by atoms with Crippen molar-refractivity contribution in [1.29, 1.82) is 0 Å². The second kappa shape index (κ2) is 4.85. The smallest absolute Gasteiger partial charge is 0.316 e. The molecule has 2 rings (SSSR count). The zero-order valence-corrected chi connectivity index (χ0v) is 11.8. The molecule has 1 aromatic rings. The van der Waals surface area contributed by atoms with Gasteiger partial charge in [-0.25, -0.2) is 8.42 Å². The van der Waals surface area contributed by atoms with Gasteiger partial charge < -0.3 is 4.74 Å². The molecule has 0 bridgehead atoms. The molecule has 1 N–H and O–H groups in total. The molecule has 0 unspecified atom stereocenters. The molecule has 104 valence electrons. The van der Waals surface area contributed by atoms with Gasteiger partial charge >= 0.3 is 5.97 Å². The lowest BCUT2D eigenvalue weighted by atomic mass is 9.96. The third-order valence-corrected chi connectivity index (χ3v) is 3.76. The molecule has 0 spiro atoms. The molecule has 5 nitrogen and oxygen atoms in total. The highest BCUT2D eigenvalue weighted by molar-refractivity contribution is 7.92. The van der Waals surface area contributed by atoms with Gasteiger partial charge in [-0.3, -0.25) is 9.52 Å². The normalized spacial score (nSPS) is 16.7. The van der Waals surface area contributed by atoms with Gasteiger partial charge in [0, 0.05) is 5.69 Å². The van der Waals surface area contributed by atoms with E-state index in [1.807, 2.05) is 0 Å². The first-order valence-electron chi connectivity index (χ1n) is 6.13. The maximum atomic E-state index is 11.9. The van der Waals surface area contributed by atoms with Gasteiger partial charge in [0.1, 0.15) is 0 Å². The van der Waals surface area contributed by atoms with Crippen molar-refractivity contribution in [2.45, 2.75) is 25.2 Å². The van der Waals surface area contributed by atoms with Crippen LogP contribution < -0.4 is 4.72 Å². The minimum Gasteiger partial charge on any atom is -0.465 e. The Hall–Kier alpha value is -1.56. The standard InChI is InChI=1S/C13H17NO4S/c1-3-18-12(15)13(8-9-13)10-4-6-11(7-5-10)14-19(2,16)17/h4-7,14H,3,8-9H2,1-2H3. The van der Waals surface area contributed by atoms with Crippen molar-refractivity contribution in [3.05, 3.63) is 29.8 Å². The van der Waals surface area contributed by atoms with Crippen LogP contribution in [0.4, 0.5) is 5.69 Å². The number of benzene rings is 1. The Morgan fingerprint density at radius 2 is 1.89 bits per heavy atom. The van der Waals surface area contributed by atoms with Crippen molar-refractivity contribution in [1.82, 2.24) is 0 Å². The molecule has 0 atom stereocenters. The summed E-state index contributed by atoms with van der Waals surface area (Å²) in [5, 5.41) is 0. The molecule has 1 saturated carbocycles. The van der Waals surface area contributed by atoms with Gasteiger partial charge in [0.2, 0.25) is 10.0 Å². The van der Waals surface area contributed by atoms with Crippen molar-refractivity contribution in [2.75, 3.05) is 17.6 Å². The minimum atomic E-state index is -3.28. The number of nitrogens with one attached hydrogen (secondary N) is 1. The van der Waals surface area contributed by atoms with Crippen molar-refractivity contribution in [2.24, 2.45) is 0 Å². The Morgan fingerprint density at radius 3 is 2.32 bits per heavy atom. The molecule has 1 fully saturated rings. The summed E-state index contributed by atoms with van der Waals surface area (Å²) >= 11 is 0. The lowest BCUT2D eigenvalue weighted by Crippen LogP contribution is -2.23. The van der Waals surface area contributed by atoms with E-state index in [0.717, 1.165) is 24.7 Å². The Morgan fingerprint density at radius 1 is 1.32 bits per heavy atom. The number of ether oxygens (including phenoxy) is 1. The average molecular weight is 283 g/mol. The number of esters is 1. The maximum absolute atomic E-state index is 11.9. The van der Waals surface area contributed by atoms with Crippen LogP contribution in [0.5, 0.6) is 0 Å². The van der Waals surface area contributed by atoms with E-state index in [1.54, 1.807) is 31.2 Å². The van der Waals surface area contributed by atoms with Crippen molar-refractivity contribution in [3.63, 3.8) is 0 Å². The van der Waals surface area contributed by atoms with Gasteiger partial charge in [-0.2, -0.15) is 0 Å². The number of anilines is 1. The first-order valence-corrected chi connectivity index (χ1v) is 8.02. The molecule has 1 aliphatic carbocycles. The molecular weight excluding hydrogens is 266 g/mol. The van der Waals surface area contributed by atoms with E-state index in [-0.39, 0.29) is 5.97 Å². The summed E-state index contributed by atoms with van der Waals surface area (Å²) in [5.74, 6) is -0.196. The van der Waals surface area contributed by atoms with Crippen LogP contribution in [0.25, 0.3) is 0 Å². The summed E-state index contributed by atoms with van der Waals surface area (Å²) < 4.78 is 29.7. The quantitative estimate of drug-likeness (QED) is 0.834. The van der Waals surface area contributed by atoms with Crippen LogP contribution in [0.15, 0.2) is 24.3 Å². The first kappa shape index (κ1) is 13.9. The van der Waals surface area contributed by atoms with Crippen LogP contribution in [0.2, 0.25) is 0 Å². The maximum Gasteiger partial charge on any atom is 0.316 e. The average Bonchev–Trinajstić information content (AvgIpc) is 3.09. The summed E-state index contributed by atoms with van der Waals surface area (Å²) in [6, 6.07) is 6.88. The minimum absolute atomic E-state index is 0.196. The van der Waals surface area contributed by atoms with Crippen molar-refractivity contribution < 1.29 is 17.9 Å². The molecular formula is C13H17NO4S. The summed E-state index contributed by atoms with van der Waals surface area (Å²) in [6.07, 6.45) is 2.66. The van der Waals surface area contributed by atoms with Crippen LogP contribution in [0.3, 0.4) is 0 Å². The summed E-state index contributed by atoms with van der Waals surface area (Å²) in [5.41, 5.74) is 0.857. The largest absolute Gasteiger partial charge is 0.465 e. The SMILES string of the molecule is CCOC(=O)C1(c2ccc(NS(C)(=O)=O)cc2)CC1. The van der Waals surface area contributed by atoms with Crippen LogP contribution >= 0.6 is 0 Å². The number of carbonyl (C=O) groups is 1. The lowest BCUT2D eigenvalue weighted by molar-refractivity contribution is -0.146. The van der Waals surface area contributed by atoms with E-state index >= 15 is 0 Å². The fraction of sp³-hybridized carbons (Fsp3) is 0.462. The zero-order chi connectivity index (χ0) is 14.1. The molecule has 0 saturated heterocycles. The van der Waals surface area contributed by atoms with Crippen LogP contribution in [-0.4, -0.2) is 27.2 Å². The van der Waals surface area contributed by atoms with E-state index in [4.69, 9.17) is 4.74 Å². The molecule has 19 heavy (non-hydrogen) atoms. The van der Waals surface area contributed by atoms with Gasteiger partial charge in [-0.15, -0.1) is 0 Å². The summed E-state index contributed by atoms with van der Waals surface area (Å²) in [7, 11) is -3.28. The summed E-state index contributed by atoms with van der Waals surface area (Å²) in [4.78, 5) is 11.9. The monoisotopic (exact) mass is 283 g/mol. The predicted octanol–water partition coefficient (Wildman–Crippen LogP) is 1.65. The van der Waals surface area contributed by atoms with Crippen molar-refractivity contribution >= 4 is 21.7 Å². The van der Waals surface area contributed by atoms with E-state index < -0.39 is 15.4 Å². The first-order chi connectivity index (χ1) is 8.87. The second-order valence-electron chi connectivity index (χ2n) is 4.75. The number of sulfonamides is 1. The van der Waals surface area contributed by atoms with E-state index in [2.05, 4.69) is 4.72 Å². The van der Waals surface area contributed by atoms with E-state index in [9.17, 15) is 13.2 Å². The van der Waals surface area contributed by atoms with Gasteiger partial charge in [0.15, 0.2) is 0 Å². The fourth-order valence-corrected chi connectivity index (χ4v) is 2.64. The molecule has 0 aromatic heterocycles. The Balaban J connectivity index is 2.17. The number of carbonyl (C=O) groups excluding carboxylic acids is 1. The van der Waals surface area contributed by atoms with Crippen LogP contribution in [0, 0.1) is 0 Å². The fourth-order valence-electron chi connectivity index (χ4n) is 2.08. The second-order valence-corrected chi connectivity index (χ2v) is 6.50. The van der Waals surface area contributed by atoms with E-state index in [0.29, 0.717) is 12.3 Å². The molecule has 0 heterocycles.